The number of halogens is 2. The Bertz CT molecular complexity index is 691. The van der Waals surface area contributed by atoms with Crippen LogP contribution >= 0.6 is 23.2 Å². The lowest BCUT2D eigenvalue weighted by Crippen LogP contribution is -1.89. The number of rotatable bonds is 1. The van der Waals surface area contributed by atoms with Crippen LogP contribution in [0.1, 0.15) is 0 Å². The van der Waals surface area contributed by atoms with Gasteiger partial charge in [0, 0.05) is 23.0 Å². The molecule has 2 aromatic heterocycles. The minimum absolute atomic E-state index is 0.608. The predicted octanol–water partition coefficient (Wildman–Crippen LogP) is 3.70. The van der Waals surface area contributed by atoms with Crippen molar-refractivity contribution in [1.29, 1.82) is 0 Å². The standard InChI is InChI=1S/C12H7Cl2N3/c13-8-1-2-9(10(14)5-8)11-6-16-12-7-15-3-4-17(11)12/h1-7H. The number of fused-ring (bicyclic) bond motifs is 1. The van der Waals surface area contributed by atoms with Crippen LogP contribution in [-0.2, 0) is 0 Å². The maximum atomic E-state index is 6.18. The van der Waals surface area contributed by atoms with Gasteiger partial charge in [-0.1, -0.05) is 23.2 Å². The molecule has 5 heteroatoms. The van der Waals surface area contributed by atoms with Crippen molar-refractivity contribution >= 4 is 28.8 Å². The Labute approximate surface area is 108 Å². The van der Waals surface area contributed by atoms with Crippen molar-refractivity contribution in [2.24, 2.45) is 0 Å². The molecule has 0 aliphatic carbocycles. The number of hydrogen-bond donors (Lipinski definition) is 0. The molecule has 0 unspecified atom stereocenters. The highest BCUT2D eigenvalue weighted by atomic mass is 35.5. The van der Waals surface area contributed by atoms with E-state index in [9.17, 15) is 0 Å². The van der Waals surface area contributed by atoms with E-state index in [1.165, 1.54) is 0 Å². The number of hydrogen-bond acceptors (Lipinski definition) is 2. The summed E-state index contributed by atoms with van der Waals surface area (Å²) in [5, 5.41) is 1.23. The Morgan fingerprint density at radius 1 is 1.12 bits per heavy atom. The summed E-state index contributed by atoms with van der Waals surface area (Å²) in [6.45, 7) is 0. The number of aromatic nitrogens is 3. The fourth-order valence-electron chi connectivity index (χ4n) is 1.74. The van der Waals surface area contributed by atoms with Crippen molar-refractivity contribution in [3.63, 3.8) is 0 Å². The zero-order chi connectivity index (χ0) is 11.8. The predicted molar refractivity (Wildman–Crippen MR) is 68.4 cm³/mol. The molecule has 3 rings (SSSR count). The first-order chi connectivity index (χ1) is 8.25. The minimum atomic E-state index is 0.608. The zero-order valence-corrected chi connectivity index (χ0v) is 10.2. The van der Waals surface area contributed by atoms with E-state index in [-0.39, 0.29) is 0 Å². The number of benzene rings is 1. The molecule has 0 spiro atoms. The van der Waals surface area contributed by atoms with Crippen molar-refractivity contribution in [3.05, 3.63) is 53.0 Å². The molecule has 0 radical (unpaired) electrons. The molecular formula is C12H7Cl2N3. The first-order valence-electron chi connectivity index (χ1n) is 4.98. The van der Waals surface area contributed by atoms with Crippen LogP contribution in [0.4, 0.5) is 0 Å². The summed E-state index contributed by atoms with van der Waals surface area (Å²) >= 11 is 12.1. The van der Waals surface area contributed by atoms with Gasteiger partial charge in [-0.15, -0.1) is 0 Å². The molecule has 0 saturated heterocycles. The van der Waals surface area contributed by atoms with Gasteiger partial charge in [0.1, 0.15) is 0 Å². The highest BCUT2D eigenvalue weighted by Crippen LogP contribution is 2.30. The summed E-state index contributed by atoms with van der Waals surface area (Å²) in [4.78, 5) is 8.29. The second kappa shape index (κ2) is 4.02. The fraction of sp³-hybridized carbons (Fsp3) is 0. The van der Waals surface area contributed by atoms with Crippen LogP contribution in [0.25, 0.3) is 16.9 Å². The molecule has 0 amide bonds. The van der Waals surface area contributed by atoms with E-state index in [4.69, 9.17) is 23.2 Å². The third-order valence-corrected chi connectivity index (χ3v) is 3.07. The van der Waals surface area contributed by atoms with E-state index in [0.717, 1.165) is 16.9 Å². The van der Waals surface area contributed by atoms with Gasteiger partial charge in [-0.2, -0.15) is 0 Å². The van der Waals surface area contributed by atoms with Crippen molar-refractivity contribution < 1.29 is 0 Å². The number of nitrogens with zero attached hydrogens (tertiary/aromatic N) is 3. The number of imidazole rings is 1. The maximum absolute atomic E-state index is 6.18. The van der Waals surface area contributed by atoms with Crippen LogP contribution in [0.15, 0.2) is 43.0 Å². The van der Waals surface area contributed by atoms with Crippen LogP contribution in [0.2, 0.25) is 10.0 Å². The molecule has 1 aromatic carbocycles. The lowest BCUT2D eigenvalue weighted by Gasteiger charge is -2.04. The zero-order valence-electron chi connectivity index (χ0n) is 8.64. The summed E-state index contributed by atoms with van der Waals surface area (Å²) < 4.78 is 1.93. The molecule has 0 N–H and O–H groups in total. The van der Waals surface area contributed by atoms with Crippen molar-refractivity contribution in [1.82, 2.24) is 14.4 Å². The van der Waals surface area contributed by atoms with Gasteiger partial charge in [-0.3, -0.25) is 9.38 Å². The normalized spacial score (nSPS) is 10.9. The average molecular weight is 264 g/mol. The van der Waals surface area contributed by atoms with Crippen molar-refractivity contribution in [3.8, 4) is 11.3 Å². The van der Waals surface area contributed by atoms with E-state index in [2.05, 4.69) is 9.97 Å². The SMILES string of the molecule is Clc1ccc(-c2cnc3cnccn23)c(Cl)c1. The van der Waals surface area contributed by atoms with Gasteiger partial charge in [0.05, 0.1) is 23.1 Å². The van der Waals surface area contributed by atoms with Crippen LogP contribution in [0.5, 0.6) is 0 Å². The van der Waals surface area contributed by atoms with Gasteiger partial charge in [0.15, 0.2) is 5.65 Å². The summed E-state index contributed by atoms with van der Waals surface area (Å²) in [5.41, 5.74) is 2.60. The second-order valence-corrected chi connectivity index (χ2v) is 4.42. The van der Waals surface area contributed by atoms with E-state index in [1.807, 2.05) is 22.7 Å². The second-order valence-electron chi connectivity index (χ2n) is 3.57. The quantitative estimate of drug-likeness (QED) is 0.670. The first-order valence-corrected chi connectivity index (χ1v) is 5.74. The lowest BCUT2D eigenvalue weighted by atomic mass is 10.2. The van der Waals surface area contributed by atoms with E-state index in [1.54, 1.807) is 24.7 Å². The average Bonchev–Trinajstić information content (AvgIpc) is 2.73. The molecule has 0 bridgehead atoms. The first kappa shape index (κ1) is 10.6. The Balaban J connectivity index is 2.27. The summed E-state index contributed by atoms with van der Waals surface area (Å²) in [6, 6.07) is 5.41. The Morgan fingerprint density at radius 3 is 2.82 bits per heavy atom. The largest absolute Gasteiger partial charge is 0.297 e. The van der Waals surface area contributed by atoms with Crippen molar-refractivity contribution in [2.75, 3.05) is 0 Å². The van der Waals surface area contributed by atoms with Gasteiger partial charge >= 0.3 is 0 Å². The molecule has 0 aliphatic heterocycles. The Hall–Kier alpha value is -1.58. The molecule has 17 heavy (non-hydrogen) atoms. The van der Waals surface area contributed by atoms with Crippen LogP contribution in [-0.4, -0.2) is 14.4 Å². The summed E-state index contributed by atoms with van der Waals surface area (Å²) in [7, 11) is 0. The highest BCUT2D eigenvalue weighted by molar-refractivity contribution is 6.36. The maximum Gasteiger partial charge on any atom is 0.155 e. The smallest absolute Gasteiger partial charge is 0.155 e. The summed E-state index contributed by atoms with van der Waals surface area (Å²) in [6.07, 6.45) is 7.03. The van der Waals surface area contributed by atoms with Crippen LogP contribution < -0.4 is 0 Å². The van der Waals surface area contributed by atoms with Gasteiger partial charge in [-0.05, 0) is 18.2 Å². The monoisotopic (exact) mass is 263 g/mol. The lowest BCUT2D eigenvalue weighted by molar-refractivity contribution is 1.13. The molecule has 0 fully saturated rings. The highest BCUT2D eigenvalue weighted by Gasteiger charge is 2.09. The fourth-order valence-corrected chi connectivity index (χ4v) is 2.24. The van der Waals surface area contributed by atoms with Crippen molar-refractivity contribution in [2.45, 2.75) is 0 Å². The van der Waals surface area contributed by atoms with E-state index < -0.39 is 0 Å². The Morgan fingerprint density at radius 2 is 2.00 bits per heavy atom. The Kier molecular flexibility index (Phi) is 2.50. The van der Waals surface area contributed by atoms with Gasteiger partial charge < -0.3 is 0 Å². The third kappa shape index (κ3) is 1.77. The minimum Gasteiger partial charge on any atom is -0.297 e. The van der Waals surface area contributed by atoms with Crippen LogP contribution in [0.3, 0.4) is 0 Å². The molecule has 3 aromatic rings. The van der Waals surface area contributed by atoms with Gasteiger partial charge in [0.25, 0.3) is 0 Å². The van der Waals surface area contributed by atoms with Crippen LogP contribution in [0, 0.1) is 0 Å². The molecule has 3 nitrogen and oxygen atoms in total. The molecule has 0 aliphatic rings. The molecule has 0 saturated carbocycles. The summed E-state index contributed by atoms with van der Waals surface area (Å²) in [5.74, 6) is 0. The van der Waals surface area contributed by atoms with E-state index in [0.29, 0.717) is 10.0 Å². The third-order valence-electron chi connectivity index (χ3n) is 2.52. The molecule has 0 atom stereocenters. The van der Waals surface area contributed by atoms with Gasteiger partial charge in [-0.25, -0.2) is 4.98 Å². The molecule has 2 heterocycles. The molecule has 84 valence electrons. The van der Waals surface area contributed by atoms with Gasteiger partial charge in [0.2, 0.25) is 0 Å². The molecular weight excluding hydrogens is 257 g/mol. The topological polar surface area (TPSA) is 30.2 Å². The van der Waals surface area contributed by atoms with E-state index >= 15 is 0 Å².